The van der Waals surface area contributed by atoms with Crippen LogP contribution in [-0.4, -0.2) is 33.2 Å². The summed E-state index contributed by atoms with van der Waals surface area (Å²) in [7, 11) is 0. The van der Waals surface area contributed by atoms with Gasteiger partial charge in [-0.1, -0.05) is 195 Å². The minimum atomic E-state index is -0.659. The zero-order chi connectivity index (χ0) is 34.7. The summed E-state index contributed by atoms with van der Waals surface area (Å²) < 4.78 is 0. The summed E-state index contributed by atoms with van der Waals surface area (Å²) in [5.74, 6) is -1.98. The summed E-state index contributed by atoms with van der Waals surface area (Å²) in [6.07, 6.45) is 35.7. The minimum absolute atomic E-state index is 0.343. The molecule has 0 heterocycles. The van der Waals surface area contributed by atoms with Crippen LogP contribution in [0.3, 0.4) is 0 Å². The molecule has 0 aromatic rings. The fraction of sp³-hybridized carbons (Fsp3) is 0.923. The van der Waals surface area contributed by atoms with Crippen molar-refractivity contribution in [1.82, 2.24) is 0 Å². The van der Waals surface area contributed by atoms with Gasteiger partial charge < -0.3 is 15.3 Å². The van der Waals surface area contributed by atoms with Gasteiger partial charge in [0, 0.05) is 19.3 Å². The van der Waals surface area contributed by atoms with Crippen LogP contribution in [0.4, 0.5) is 0 Å². The third-order valence-electron chi connectivity index (χ3n) is 7.48. The van der Waals surface area contributed by atoms with Gasteiger partial charge in [0.15, 0.2) is 0 Å². The highest BCUT2D eigenvalue weighted by molar-refractivity contribution is 5.67. The van der Waals surface area contributed by atoms with E-state index in [1.54, 1.807) is 0 Å². The van der Waals surface area contributed by atoms with Gasteiger partial charge in [-0.25, -0.2) is 0 Å². The first-order chi connectivity index (χ1) is 21.7. The van der Waals surface area contributed by atoms with Crippen molar-refractivity contribution in [2.45, 2.75) is 234 Å². The Hall–Kier alpha value is -1.59. The van der Waals surface area contributed by atoms with Crippen LogP contribution in [0.1, 0.15) is 234 Å². The van der Waals surface area contributed by atoms with Crippen molar-refractivity contribution in [2.75, 3.05) is 0 Å². The van der Waals surface area contributed by atoms with Crippen LogP contribution in [0.2, 0.25) is 0 Å². The molecule has 6 heteroatoms. The topological polar surface area (TPSA) is 112 Å². The standard InChI is InChI=1S/3C12H24O2.C3H8/c3*1-2-3-4-5-6-7-8-9-10-11-12(13)14;1-3-2/h3*2-11H2,1H3,(H,13,14);3H2,1-2H3. The average molecular weight is 645 g/mol. The molecule has 0 fully saturated rings. The Balaban J connectivity index is -0.000000268. The number of carbonyl (C=O) groups is 3. The number of aliphatic carboxylic acids is 3. The van der Waals surface area contributed by atoms with Crippen LogP contribution < -0.4 is 0 Å². The molecule has 0 aliphatic carbocycles. The molecule has 0 aliphatic rings. The largest absolute Gasteiger partial charge is 0.481 e. The summed E-state index contributed by atoms with van der Waals surface area (Å²) in [5.41, 5.74) is 0. The first kappa shape index (κ1) is 50.3. The average Bonchev–Trinajstić information content (AvgIpc) is 2.99. The Bertz CT molecular complexity index is 488. The summed E-state index contributed by atoms with van der Waals surface area (Å²) in [6.45, 7) is 10.9. The van der Waals surface area contributed by atoms with Gasteiger partial charge in [0.2, 0.25) is 0 Å². The van der Waals surface area contributed by atoms with Gasteiger partial charge in [-0.2, -0.15) is 0 Å². The van der Waals surface area contributed by atoms with E-state index in [4.69, 9.17) is 15.3 Å². The second-order valence-corrected chi connectivity index (χ2v) is 12.6. The van der Waals surface area contributed by atoms with Gasteiger partial charge in [-0.3, -0.25) is 14.4 Å². The van der Waals surface area contributed by atoms with Crippen molar-refractivity contribution in [3.8, 4) is 0 Å². The molecule has 0 spiro atoms. The third-order valence-corrected chi connectivity index (χ3v) is 7.48. The van der Waals surface area contributed by atoms with E-state index in [-0.39, 0.29) is 0 Å². The second-order valence-electron chi connectivity index (χ2n) is 12.6. The lowest BCUT2D eigenvalue weighted by atomic mass is 10.1. The van der Waals surface area contributed by atoms with Crippen LogP contribution in [-0.2, 0) is 14.4 Å². The number of carboxylic acids is 3. The molecule has 3 N–H and O–H groups in total. The van der Waals surface area contributed by atoms with E-state index < -0.39 is 17.9 Å². The summed E-state index contributed by atoms with van der Waals surface area (Å²) in [5, 5.41) is 25.2. The molecule has 272 valence electrons. The number of hydrogen-bond acceptors (Lipinski definition) is 3. The Morgan fingerprint density at radius 2 is 0.422 bits per heavy atom. The molecule has 0 amide bonds. The number of carboxylic acid groups (broad SMARTS) is 3. The summed E-state index contributed by atoms with van der Waals surface area (Å²) in [6, 6.07) is 0. The molecule has 45 heavy (non-hydrogen) atoms. The van der Waals surface area contributed by atoms with Crippen LogP contribution in [0, 0.1) is 0 Å². The first-order valence-corrected chi connectivity index (χ1v) is 19.4. The molecule has 0 radical (unpaired) electrons. The van der Waals surface area contributed by atoms with Crippen LogP contribution in [0.25, 0.3) is 0 Å². The van der Waals surface area contributed by atoms with Gasteiger partial charge in [-0.05, 0) is 19.3 Å². The monoisotopic (exact) mass is 645 g/mol. The second kappa shape index (κ2) is 49.3. The molecule has 0 bridgehead atoms. The smallest absolute Gasteiger partial charge is 0.303 e. The molecule has 6 nitrogen and oxygen atoms in total. The maximum atomic E-state index is 10.2. The van der Waals surface area contributed by atoms with E-state index in [1.807, 2.05) is 0 Å². The predicted octanol–water partition coefficient (Wildman–Crippen LogP) is 13.4. The minimum Gasteiger partial charge on any atom is -0.481 e. The molecule has 0 aliphatic heterocycles. The van der Waals surface area contributed by atoms with E-state index in [0.29, 0.717) is 19.3 Å². The zero-order valence-corrected chi connectivity index (χ0v) is 31.0. The lowest BCUT2D eigenvalue weighted by molar-refractivity contribution is -0.138. The van der Waals surface area contributed by atoms with Gasteiger partial charge in [0.05, 0.1) is 0 Å². The van der Waals surface area contributed by atoms with Crippen LogP contribution in [0.15, 0.2) is 0 Å². The molecule has 0 atom stereocenters. The van der Waals surface area contributed by atoms with E-state index in [0.717, 1.165) is 38.5 Å². The lowest BCUT2D eigenvalue weighted by Crippen LogP contribution is -1.93. The van der Waals surface area contributed by atoms with Crippen molar-refractivity contribution in [2.24, 2.45) is 0 Å². The fourth-order valence-electron chi connectivity index (χ4n) is 4.76. The normalized spacial score (nSPS) is 10.1. The van der Waals surface area contributed by atoms with Crippen molar-refractivity contribution in [3.63, 3.8) is 0 Å². The maximum Gasteiger partial charge on any atom is 0.303 e. The Morgan fingerprint density at radius 3 is 0.556 bits per heavy atom. The Kier molecular flexibility index (Phi) is 55.1. The molecule has 0 rings (SSSR count). The molecule has 0 saturated heterocycles. The van der Waals surface area contributed by atoms with Crippen molar-refractivity contribution in [3.05, 3.63) is 0 Å². The maximum absolute atomic E-state index is 10.2. The van der Waals surface area contributed by atoms with Crippen molar-refractivity contribution in [1.29, 1.82) is 0 Å². The van der Waals surface area contributed by atoms with Crippen molar-refractivity contribution < 1.29 is 29.7 Å². The fourth-order valence-corrected chi connectivity index (χ4v) is 4.76. The number of rotatable bonds is 30. The Morgan fingerprint density at radius 1 is 0.289 bits per heavy atom. The van der Waals surface area contributed by atoms with Crippen molar-refractivity contribution >= 4 is 17.9 Å². The SMILES string of the molecule is CCC.CCCCCCCCCCCC(=O)O.CCCCCCCCCCCC(=O)O.CCCCCCCCCCCC(=O)O. The molecule has 0 unspecified atom stereocenters. The van der Waals surface area contributed by atoms with Gasteiger partial charge in [0.25, 0.3) is 0 Å². The van der Waals surface area contributed by atoms with E-state index in [9.17, 15) is 14.4 Å². The highest BCUT2D eigenvalue weighted by Crippen LogP contribution is 2.12. The number of hydrogen-bond donors (Lipinski definition) is 3. The highest BCUT2D eigenvalue weighted by Gasteiger charge is 1.98. The van der Waals surface area contributed by atoms with Gasteiger partial charge >= 0.3 is 17.9 Å². The molecule has 0 aromatic carbocycles. The molecular formula is C39H80O6. The van der Waals surface area contributed by atoms with E-state index >= 15 is 0 Å². The molecule has 0 aromatic heterocycles. The lowest BCUT2D eigenvalue weighted by Gasteiger charge is -2.00. The molecular weight excluding hydrogens is 564 g/mol. The highest BCUT2D eigenvalue weighted by atomic mass is 16.4. The predicted molar refractivity (Wildman–Crippen MR) is 194 cm³/mol. The van der Waals surface area contributed by atoms with Gasteiger partial charge in [-0.15, -0.1) is 0 Å². The van der Waals surface area contributed by atoms with E-state index in [2.05, 4.69) is 34.6 Å². The Labute approximate surface area is 280 Å². The quantitative estimate of drug-likeness (QED) is 0.0671. The van der Waals surface area contributed by atoms with Crippen LogP contribution in [0.5, 0.6) is 0 Å². The molecule has 0 saturated carbocycles. The first-order valence-electron chi connectivity index (χ1n) is 19.4. The summed E-state index contributed by atoms with van der Waals surface area (Å²) >= 11 is 0. The summed E-state index contributed by atoms with van der Waals surface area (Å²) in [4.78, 5) is 30.6. The van der Waals surface area contributed by atoms with Crippen LogP contribution >= 0.6 is 0 Å². The third kappa shape index (κ3) is 70.2. The van der Waals surface area contributed by atoms with E-state index in [1.165, 1.54) is 141 Å². The number of unbranched alkanes of at least 4 members (excludes halogenated alkanes) is 24. The zero-order valence-electron chi connectivity index (χ0n) is 31.0. The van der Waals surface area contributed by atoms with Gasteiger partial charge in [0.1, 0.15) is 0 Å².